The van der Waals surface area contributed by atoms with E-state index in [1.54, 1.807) is 27.7 Å². The standard InChI is InChI=1S/C14H21NO4/c1-6-7-11(16)12-9-15(8-10(2)18-12)13(17)19-14(3,4)5/h10,12H,8-9H2,1-5H3/t10-,12-/m1/s1. The van der Waals surface area contributed by atoms with Gasteiger partial charge in [-0.2, -0.15) is 0 Å². The minimum atomic E-state index is -0.691. The van der Waals surface area contributed by atoms with Crippen molar-refractivity contribution in [2.75, 3.05) is 13.1 Å². The molecule has 1 amide bonds. The van der Waals surface area contributed by atoms with Crippen molar-refractivity contribution in [2.45, 2.75) is 52.4 Å². The van der Waals surface area contributed by atoms with Crippen LogP contribution in [-0.2, 0) is 14.3 Å². The van der Waals surface area contributed by atoms with Gasteiger partial charge in [-0.15, -0.1) is 0 Å². The largest absolute Gasteiger partial charge is 0.444 e. The number of Topliss-reactive ketones (excluding diaryl/α,β-unsaturated/α-hetero) is 1. The summed E-state index contributed by atoms with van der Waals surface area (Å²) in [6.45, 7) is 9.43. The van der Waals surface area contributed by atoms with Crippen LogP contribution >= 0.6 is 0 Å². The molecule has 0 aromatic rings. The molecule has 1 fully saturated rings. The number of morpholine rings is 1. The van der Waals surface area contributed by atoms with Crippen LogP contribution in [0.4, 0.5) is 4.79 Å². The summed E-state index contributed by atoms with van der Waals surface area (Å²) in [5.74, 6) is 4.70. The molecule has 0 aromatic heterocycles. The first-order valence-electron chi connectivity index (χ1n) is 6.33. The predicted octanol–water partition coefficient (Wildman–Crippen LogP) is 1.60. The Kier molecular flexibility index (Phi) is 4.96. The van der Waals surface area contributed by atoms with Crippen LogP contribution in [0.3, 0.4) is 0 Å². The summed E-state index contributed by atoms with van der Waals surface area (Å²) in [6, 6.07) is 0. The van der Waals surface area contributed by atoms with E-state index in [0.717, 1.165) is 0 Å². The van der Waals surface area contributed by atoms with Crippen LogP contribution in [-0.4, -0.2) is 47.7 Å². The van der Waals surface area contributed by atoms with Crippen molar-refractivity contribution in [3.8, 4) is 11.8 Å². The lowest BCUT2D eigenvalue weighted by Crippen LogP contribution is -2.52. The van der Waals surface area contributed by atoms with Gasteiger partial charge in [0.05, 0.1) is 19.2 Å². The van der Waals surface area contributed by atoms with Gasteiger partial charge in [-0.3, -0.25) is 4.79 Å². The van der Waals surface area contributed by atoms with Gasteiger partial charge in [0.15, 0.2) is 0 Å². The van der Waals surface area contributed by atoms with Gasteiger partial charge in [-0.25, -0.2) is 4.79 Å². The molecule has 0 radical (unpaired) electrons. The number of hydrogen-bond acceptors (Lipinski definition) is 4. The van der Waals surface area contributed by atoms with E-state index in [4.69, 9.17) is 9.47 Å². The van der Waals surface area contributed by atoms with E-state index in [1.807, 2.05) is 6.92 Å². The quantitative estimate of drug-likeness (QED) is 0.535. The molecule has 0 saturated carbocycles. The molecule has 1 aliphatic rings. The molecule has 1 rings (SSSR count). The van der Waals surface area contributed by atoms with Crippen LogP contribution in [0, 0.1) is 11.8 Å². The van der Waals surface area contributed by atoms with Crippen molar-refractivity contribution < 1.29 is 19.1 Å². The van der Waals surface area contributed by atoms with E-state index in [9.17, 15) is 9.59 Å². The van der Waals surface area contributed by atoms with Crippen molar-refractivity contribution in [1.82, 2.24) is 4.90 Å². The predicted molar refractivity (Wildman–Crippen MR) is 70.6 cm³/mol. The number of amides is 1. The van der Waals surface area contributed by atoms with Crippen molar-refractivity contribution in [3.63, 3.8) is 0 Å². The molecule has 19 heavy (non-hydrogen) atoms. The number of ether oxygens (including phenoxy) is 2. The van der Waals surface area contributed by atoms with Crippen molar-refractivity contribution in [3.05, 3.63) is 0 Å². The second-order valence-corrected chi connectivity index (χ2v) is 5.56. The monoisotopic (exact) mass is 267 g/mol. The Morgan fingerprint density at radius 1 is 1.32 bits per heavy atom. The molecule has 5 nitrogen and oxygen atoms in total. The fourth-order valence-corrected chi connectivity index (χ4v) is 1.78. The van der Waals surface area contributed by atoms with Crippen LogP contribution in [0.2, 0.25) is 0 Å². The normalized spacial score (nSPS) is 23.3. The zero-order valence-corrected chi connectivity index (χ0v) is 12.1. The highest BCUT2D eigenvalue weighted by molar-refractivity contribution is 5.99. The van der Waals surface area contributed by atoms with Gasteiger partial charge in [0, 0.05) is 0 Å². The maximum absolute atomic E-state index is 12.0. The van der Waals surface area contributed by atoms with Gasteiger partial charge < -0.3 is 14.4 Å². The fraction of sp³-hybridized carbons (Fsp3) is 0.714. The minimum Gasteiger partial charge on any atom is -0.444 e. The van der Waals surface area contributed by atoms with Crippen LogP contribution in [0.1, 0.15) is 34.6 Å². The van der Waals surface area contributed by atoms with E-state index in [-0.39, 0.29) is 18.4 Å². The molecule has 0 aromatic carbocycles. The van der Waals surface area contributed by atoms with Crippen molar-refractivity contribution in [2.24, 2.45) is 0 Å². The smallest absolute Gasteiger partial charge is 0.410 e. The summed E-state index contributed by atoms with van der Waals surface area (Å²) in [6.07, 6.45) is -1.33. The summed E-state index contributed by atoms with van der Waals surface area (Å²) in [4.78, 5) is 25.2. The van der Waals surface area contributed by atoms with Gasteiger partial charge >= 0.3 is 6.09 Å². The van der Waals surface area contributed by atoms with E-state index in [2.05, 4.69) is 11.8 Å². The molecule has 1 saturated heterocycles. The molecule has 1 heterocycles. The van der Waals surface area contributed by atoms with Crippen molar-refractivity contribution in [1.29, 1.82) is 0 Å². The van der Waals surface area contributed by atoms with E-state index in [0.29, 0.717) is 6.54 Å². The lowest BCUT2D eigenvalue weighted by Gasteiger charge is -2.36. The van der Waals surface area contributed by atoms with Gasteiger partial charge in [0.2, 0.25) is 5.78 Å². The summed E-state index contributed by atoms with van der Waals surface area (Å²) in [5.41, 5.74) is -0.554. The Balaban J connectivity index is 2.71. The molecule has 0 aliphatic carbocycles. The first-order valence-corrected chi connectivity index (χ1v) is 6.33. The Morgan fingerprint density at radius 3 is 2.47 bits per heavy atom. The second-order valence-electron chi connectivity index (χ2n) is 5.56. The van der Waals surface area contributed by atoms with E-state index >= 15 is 0 Å². The molecular formula is C14H21NO4. The van der Waals surface area contributed by atoms with Crippen LogP contribution in [0.15, 0.2) is 0 Å². The molecule has 1 aliphatic heterocycles. The van der Waals surface area contributed by atoms with Crippen LogP contribution < -0.4 is 0 Å². The second kappa shape index (κ2) is 6.07. The number of carbonyl (C=O) groups is 2. The minimum absolute atomic E-state index is 0.187. The number of nitrogens with zero attached hydrogens (tertiary/aromatic N) is 1. The molecule has 0 spiro atoms. The van der Waals surface area contributed by atoms with Crippen LogP contribution in [0.5, 0.6) is 0 Å². The number of carbonyl (C=O) groups excluding carboxylic acids is 2. The highest BCUT2D eigenvalue weighted by Crippen LogP contribution is 2.16. The van der Waals surface area contributed by atoms with Gasteiger partial charge in [0.25, 0.3) is 0 Å². The lowest BCUT2D eigenvalue weighted by atomic mass is 10.1. The third-order valence-electron chi connectivity index (χ3n) is 2.45. The van der Waals surface area contributed by atoms with Crippen LogP contribution in [0.25, 0.3) is 0 Å². The fourth-order valence-electron chi connectivity index (χ4n) is 1.78. The maximum Gasteiger partial charge on any atom is 0.410 e. The number of hydrogen-bond donors (Lipinski definition) is 0. The Hall–Kier alpha value is -1.54. The third-order valence-corrected chi connectivity index (χ3v) is 2.45. The highest BCUT2D eigenvalue weighted by Gasteiger charge is 2.34. The zero-order chi connectivity index (χ0) is 14.6. The Bertz CT molecular complexity index is 413. The molecule has 0 N–H and O–H groups in total. The topological polar surface area (TPSA) is 55.8 Å². The molecule has 2 atom stereocenters. The van der Waals surface area contributed by atoms with Crippen molar-refractivity contribution >= 4 is 11.9 Å². The summed E-state index contributed by atoms with van der Waals surface area (Å²) in [7, 11) is 0. The van der Waals surface area contributed by atoms with Gasteiger partial charge in [-0.1, -0.05) is 5.92 Å². The number of ketones is 1. The Morgan fingerprint density at radius 2 is 1.95 bits per heavy atom. The molecular weight excluding hydrogens is 246 g/mol. The summed E-state index contributed by atoms with van der Waals surface area (Å²) in [5, 5.41) is 0. The third kappa shape index (κ3) is 4.92. The number of rotatable bonds is 1. The average molecular weight is 267 g/mol. The van der Waals surface area contributed by atoms with Gasteiger partial charge in [0.1, 0.15) is 11.7 Å². The average Bonchev–Trinajstić information content (AvgIpc) is 2.26. The van der Waals surface area contributed by atoms with Gasteiger partial charge in [-0.05, 0) is 40.5 Å². The molecule has 5 heteroatoms. The first kappa shape index (κ1) is 15.5. The lowest BCUT2D eigenvalue weighted by molar-refractivity contribution is -0.136. The highest BCUT2D eigenvalue weighted by atomic mass is 16.6. The van der Waals surface area contributed by atoms with E-state index in [1.165, 1.54) is 4.90 Å². The SMILES string of the molecule is CC#CC(=O)[C@H]1CN(C(=O)OC(C)(C)C)C[C@@H](C)O1. The maximum atomic E-state index is 12.0. The summed E-state index contributed by atoms with van der Waals surface area (Å²) < 4.78 is 10.8. The Labute approximate surface area is 114 Å². The summed E-state index contributed by atoms with van der Waals surface area (Å²) >= 11 is 0. The first-order chi connectivity index (χ1) is 8.73. The molecule has 106 valence electrons. The molecule has 0 bridgehead atoms. The zero-order valence-electron chi connectivity index (χ0n) is 12.1. The van der Waals surface area contributed by atoms with E-state index < -0.39 is 17.8 Å². The molecule has 0 unspecified atom stereocenters.